The minimum absolute atomic E-state index is 0.0315. The molecule has 0 bridgehead atoms. The molecule has 0 saturated heterocycles. The Morgan fingerprint density at radius 3 is 2.92 bits per heavy atom. The number of hydrogen-bond donors (Lipinski definition) is 0. The summed E-state index contributed by atoms with van der Waals surface area (Å²) in [6, 6.07) is 0. The predicted molar refractivity (Wildman–Crippen MR) is 41.3 cm³/mol. The van der Waals surface area contributed by atoms with Gasteiger partial charge in [0, 0.05) is 12.3 Å². The van der Waals surface area contributed by atoms with Crippen molar-refractivity contribution in [3.8, 4) is 0 Å². The lowest BCUT2D eigenvalue weighted by atomic mass is 10.1. The monoisotopic (exact) mass is 168 g/mol. The van der Waals surface area contributed by atoms with Gasteiger partial charge in [-0.15, -0.1) is 0 Å². The zero-order chi connectivity index (χ0) is 8.72. The van der Waals surface area contributed by atoms with Crippen LogP contribution in [-0.4, -0.2) is 18.4 Å². The summed E-state index contributed by atoms with van der Waals surface area (Å²) >= 11 is 0. The van der Waals surface area contributed by atoms with E-state index in [9.17, 15) is 9.59 Å². The molecule has 0 unspecified atom stereocenters. The lowest BCUT2D eigenvalue weighted by Gasteiger charge is -2.01. The standard InChI is InChI=1S/C9H12O3/c1-2-12-9(11)8-5-3-4-6(10)7(5)8/h5,7-8H,2-4H2,1H3/t5-,7-,8+/m0/s1. The molecule has 2 rings (SSSR count). The highest BCUT2D eigenvalue weighted by molar-refractivity contribution is 5.94. The van der Waals surface area contributed by atoms with Crippen LogP contribution in [-0.2, 0) is 14.3 Å². The first-order valence-electron chi connectivity index (χ1n) is 4.45. The van der Waals surface area contributed by atoms with Crippen molar-refractivity contribution in [3.63, 3.8) is 0 Å². The van der Waals surface area contributed by atoms with E-state index < -0.39 is 0 Å². The molecule has 12 heavy (non-hydrogen) atoms. The Labute approximate surface area is 71.1 Å². The highest BCUT2D eigenvalue weighted by Crippen LogP contribution is 2.55. The van der Waals surface area contributed by atoms with Crippen molar-refractivity contribution >= 4 is 11.8 Å². The number of hydrogen-bond acceptors (Lipinski definition) is 3. The van der Waals surface area contributed by atoms with Crippen LogP contribution in [0.25, 0.3) is 0 Å². The molecule has 0 aliphatic heterocycles. The summed E-state index contributed by atoms with van der Waals surface area (Å²) in [6.45, 7) is 2.21. The van der Waals surface area contributed by atoms with Gasteiger partial charge in [0.1, 0.15) is 5.78 Å². The van der Waals surface area contributed by atoms with Crippen molar-refractivity contribution in [1.29, 1.82) is 0 Å². The summed E-state index contributed by atoms with van der Waals surface area (Å²) < 4.78 is 4.86. The van der Waals surface area contributed by atoms with Crippen LogP contribution in [0.4, 0.5) is 0 Å². The van der Waals surface area contributed by atoms with E-state index in [1.54, 1.807) is 6.92 Å². The topological polar surface area (TPSA) is 43.4 Å². The second kappa shape index (κ2) is 2.57. The van der Waals surface area contributed by atoms with Crippen LogP contribution in [0.2, 0.25) is 0 Å². The van der Waals surface area contributed by atoms with Crippen LogP contribution in [0.5, 0.6) is 0 Å². The van der Waals surface area contributed by atoms with Crippen molar-refractivity contribution in [1.82, 2.24) is 0 Å². The predicted octanol–water partition coefficient (Wildman–Crippen LogP) is 0.775. The molecule has 3 nitrogen and oxygen atoms in total. The number of carbonyl (C=O) groups is 2. The first kappa shape index (κ1) is 7.77. The Morgan fingerprint density at radius 2 is 2.42 bits per heavy atom. The minimum Gasteiger partial charge on any atom is -0.466 e. The molecule has 3 heteroatoms. The maximum Gasteiger partial charge on any atom is 0.309 e. The fraction of sp³-hybridized carbons (Fsp3) is 0.778. The van der Waals surface area contributed by atoms with E-state index in [-0.39, 0.29) is 23.6 Å². The summed E-state index contributed by atoms with van der Waals surface area (Å²) in [7, 11) is 0. The zero-order valence-electron chi connectivity index (χ0n) is 7.08. The third-order valence-corrected chi connectivity index (χ3v) is 2.82. The molecule has 0 aromatic rings. The van der Waals surface area contributed by atoms with Crippen LogP contribution in [0, 0.1) is 17.8 Å². The van der Waals surface area contributed by atoms with E-state index in [4.69, 9.17) is 4.74 Å². The fourth-order valence-corrected chi connectivity index (χ4v) is 2.21. The average Bonchev–Trinajstić information content (AvgIpc) is 2.65. The highest BCUT2D eigenvalue weighted by atomic mass is 16.5. The Bertz CT molecular complexity index is 234. The second-order valence-electron chi connectivity index (χ2n) is 3.47. The Hall–Kier alpha value is -0.860. The molecule has 0 heterocycles. The molecular formula is C9H12O3. The Morgan fingerprint density at radius 1 is 1.67 bits per heavy atom. The largest absolute Gasteiger partial charge is 0.466 e. The van der Waals surface area contributed by atoms with Gasteiger partial charge in [0.25, 0.3) is 0 Å². The maximum atomic E-state index is 11.2. The van der Waals surface area contributed by atoms with Gasteiger partial charge in [-0.1, -0.05) is 0 Å². The summed E-state index contributed by atoms with van der Waals surface area (Å²) in [6.07, 6.45) is 1.57. The normalized spacial score (nSPS) is 37.8. The van der Waals surface area contributed by atoms with Gasteiger partial charge in [-0.05, 0) is 19.3 Å². The molecule has 2 fully saturated rings. The van der Waals surface area contributed by atoms with Crippen LogP contribution in [0.15, 0.2) is 0 Å². The molecule has 0 aromatic carbocycles. The molecule has 0 amide bonds. The smallest absolute Gasteiger partial charge is 0.309 e. The Balaban J connectivity index is 1.94. The molecule has 66 valence electrons. The fourth-order valence-electron chi connectivity index (χ4n) is 2.21. The van der Waals surface area contributed by atoms with Gasteiger partial charge in [-0.3, -0.25) is 9.59 Å². The van der Waals surface area contributed by atoms with Crippen molar-refractivity contribution in [2.75, 3.05) is 6.61 Å². The summed E-state index contributed by atoms with van der Waals surface area (Å²) in [5.41, 5.74) is 0. The van der Waals surface area contributed by atoms with Gasteiger partial charge in [-0.2, -0.15) is 0 Å². The molecule has 0 spiro atoms. The maximum absolute atomic E-state index is 11.2. The first-order chi connectivity index (χ1) is 5.75. The van der Waals surface area contributed by atoms with Gasteiger partial charge >= 0.3 is 5.97 Å². The highest BCUT2D eigenvalue weighted by Gasteiger charge is 2.62. The molecule has 0 aromatic heterocycles. The molecule has 3 atom stereocenters. The number of ether oxygens (including phenoxy) is 1. The van der Waals surface area contributed by atoms with E-state index in [2.05, 4.69) is 0 Å². The zero-order valence-corrected chi connectivity index (χ0v) is 7.08. The third kappa shape index (κ3) is 0.958. The third-order valence-electron chi connectivity index (χ3n) is 2.82. The second-order valence-corrected chi connectivity index (χ2v) is 3.47. The number of ketones is 1. The van der Waals surface area contributed by atoms with Crippen LogP contribution in [0.1, 0.15) is 19.8 Å². The van der Waals surface area contributed by atoms with Crippen LogP contribution < -0.4 is 0 Å². The van der Waals surface area contributed by atoms with Crippen molar-refractivity contribution in [3.05, 3.63) is 0 Å². The summed E-state index contributed by atoms with van der Waals surface area (Å²) in [5, 5.41) is 0. The lowest BCUT2D eigenvalue weighted by molar-refractivity contribution is -0.146. The van der Waals surface area contributed by atoms with Gasteiger partial charge in [0.2, 0.25) is 0 Å². The number of Topliss-reactive ketones (excluding diaryl/α,β-unsaturated/α-hetero) is 1. The van der Waals surface area contributed by atoms with Crippen molar-refractivity contribution < 1.29 is 14.3 Å². The lowest BCUT2D eigenvalue weighted by Crippen LogP contribution is -2.12. The molecule has 2 aliphatic carbocycles. The average molecular weight is 168 g/mol. The summed E-state index contributed by atoms with van der Waals surface area (Å²) in [4.78, 5) is 22.3. The number of carbonyl (C=O) groups excluding carboxylic acids is 2. The van der Waals surface area contributed by atoms with E-state index in [1.807, 2.05) is 0 Å². The van der Waals surface area contributed by atoms with Crippen LogP contribution in [0.3, 0.4) is 0 Å². The van der Waals surface area contributed by atoms with Gasteiger partial charge < -0.3 is 4.74 Å². The van der Waals surface area contributed by atoms with E-state index in [1.165, 1.54) is 0 Å². The number of fused-ring (bicyclic) bond motifs is 1. The van der Waals surface area contributed by atoms with Crippen molar-refractivity contribution in [2.24, 2.45) is 17.8 Å². The molecular weight excluding hydrogens is 156 g/mol. The Kier molecular flexibility index (Phi) is 1.67. The van der Waals surface area contributed by atoms with Crippen LogP contribution >= 0.6 is 0 Å². The van der Waals surface area contributed by atoms with E-state index in [0.29, 0.717) is 18.9 Å². The van der Waals surface area contributed by atoms with E-state index in [0.717, 1.165) is 6.42 Å². The van der Waals surface area contributed by atoms with Gasteiger partial charge in [0.15, 0.2) is 0 Å². The quantitative estimate of drug-likeness (QED) is 0.572. The number of esters is 1. The molecule has 2 saturated carbocycles. The van der Waals surface area contributed by atoms with Gasteiger partial charge in [0.05, 0.1) is 12.5 Å². The van der Waals surface area contributed by atoms with Gasteiger partial charge in [-0.25, -0.2) is 0 Å². The molecule has 0 radical (unpaired) electrons. The first-order valence-corrected chi connectivity index (χ1v) is 4.45. The minimum atomic E-state index is -0.166. The number of rotatable bonds is 2. The van der Waals surface area contributed by atoms with Crippen molar-refractivity contribution in [2.45, 2.75) is 19.8 Å². The molecule has 2 aliphatic rings. The SMILES string of the molecule is CCOC(=O)[C@@H]1[C@H]2CCC(=O)[C@H]21. The molecule has 0 N–H and O–H groups in total. The summed E-state index contributed by atoms with van der Waals surface area (Å²) in [5.74, 6) is 0.380. The van der Waals surface area contributed by atoms with E-state index >= 15 is 0 Å².